The molecule has 1 unspecified atom stereocenters. The highest BCUT2D eigenvalue weighted by molar-refractivity contribution is 5.85. The van der Waals surface area contributed by atoms with Crippen LogP contribution in [0.4, 0.5) is 0 Å². The van der Waals surface area contributed by atoms with Crippen LogP contribution in [0.1, 0.15) is 30.9 Å². The van der Waals surface area contributed by atoms with Gasteiger partial charge in [-0.05, 0) is 49.8 Å². The van der Waals surface area contributed by atoms with E-state index in [0.717, 1.165) is 30.3 Å². The zero-order valence-corrected chi connectivity index (χ0v) is 12.5. The molecule has 1 aromatic rings. The Bertz CT molecular complexity index is 392. The van der Waals surface area contributed by atoms with Crippen molar-refractivity contribution in [3.05, 3.63) is 29.3 Å². The Morgan fingerprint density at radius 1 is 1.37 bits per heavy atom. The number of methoxy groups -OCH3 is 1. The molecule has 108 valence electrons. The fourth-order valence-corrected chi connectivity index (χ4v) is 2.06. The van der Waals surface area contributed by atoms with Crippen LogP contribution in [0.25, 0.3) is 0 Å². The standard InChI is InChI=1S/C15H23NO2.ClH/c1-11(16)7-13-5-6-15(17-2)14(8-13)10-18-9-12-3-4-12;/h5-6,8,11-12H,3-4,7,9-10,16H2,1-2H3;1H. The summed E-state index contributed by atoms with van der Waals surface area (Å²) in [6, 6.07) is 6.41. The molecule has 0 amide bonds. The van der Waals surface area contributed by atoms with E-state index in [1.807, 2.05) is 13.0 Å². The number of rotatable bonds is 7. The van der Waals surface area contributed by atoms with Crippen LogP contribution in [0, 0.1) is 5.92 Å². The molecule has 1 atom stereocenters. The van der Waals surface area contributed by atoms with Crippen molar-refractivity contribution in [1.82, 2.24) is 0 Å². The molecule has 4 heteroatoms. The van der Waals surface area contributed by atoms with Gasteiger partial charge < -0.3 is 15.2 Å². The second-order valence-corrected chi connectivity index (χ2v) is 5.29. The number of ether oxygens (including phenoxy) is 2. The summed E-state index contributed by atoms with van der Waals surface area (Å²) in [5.74, 6) is 1.70. The first-order valence-electron chi connectivity index (χ1n) is 6.68. The highest BCUT2D eigenvalue weighted by Crippen LogP contribution is 2.29. The smallest absolute Gasteiger partial charge is 0.124 e. The number of benzene rings is 1. The lowest BCUT2D eigenvalue weighted by molar-refractivity contribution is 0.109. The van der Waals surface area contributed by atoms with Gasteiger partial charge >= 0.3 is 0 Å². The van der Waals surface area contributed by atoms with Gasteiger partial charge in [0.25, 0.3) is 0 Å². The van der Waals surface area contributed by atoms with Crippen molar-refractivity contribution in [3.8, 4) is 5.75 Å². The van der Waals surface area contributed by atoms with Gasteiger partial charge in [0, 0.05) is 18.2 Å². The van der Waals surface area contributed by atoms with Crippen molar-refractivity contribution in [1.29, 1.82) is 0 Å². The third-order valence-corrected chi connectivity index (χ3v) is 3.21. The third kappa shape index (κ3) is 5.39. The molecule has 1 saturated carbocycles. The molecule has 1 aromatic carbocycles. The van der Waals surface area contributed by atoms with Crippen molar-refractivity contribution < 1.29 is 9.47 Å². The Hall–Kier alpha value is -0.770. The van der Waals surface area contributed by atoms with Crippen LogP contribution in [-0.4, -0.2) is 19.8 Å². The first kappa shape index (κ1) is 16.3. The Balaban J connectivity index is 0.00000180. The predicted molar refractivity (Wildman–Crippen MR) is 80.0 cm³/mol. The second-order valence-electron chi connectivity index (χ2n) is 5.29. The van der Waals surface area contributed by atoms with Crippen LogP contribution in [0.2, 0.25) is 0 Å². The lowest BCUT2D eigenvalue weighted by Gasteiger charge is -2.12. The summed E-state index contributed by atoms with van der Waals surface area (Å²) >= 11 is 0. The lowest BCUT2D eigenvalue weighted by Crippen LogP contribution is -2.17. The fourth-order valence-electron chi connectivity index (χ4n) is 2.06. The maximum atomic E-state index is 5.83. The number of hydrogen-bond acceptors (Lipinski definition) is 3. The Morgan fingerprint density at radius 3 is 2.68 bits per heavy atom. The topological polar surface area (TPSA) is 44.5 Å². The third-order valence-electron chi connectivity index (χ3n) is 3.21. The first-order valence-corrected chi connectivity index (χ1v) is 6.68. The van der Waals surface area contributed by atoms with E-state index in [1.165, 1.54) is 18.4 Å². The molecule has 1 aliphatic rings. The van der Waals surface area contributed by atoms with Gasteiger partial charge in [-0.1, -0.05) is 6.07 Å². The molecule has 0 spiro atoms. The zero-order valence-electron chi connectivity index (χ0n) is 11.7. The Morgan fingerprint density at radius 2 is 2.11 bits per heavy atom. The van der Waals surface area contributed by atoms with Crippen LogP contribution < -0.4 is 10.5 Å². The molecule has 0 heterocycles. The van der Waals surface area contributed by atoms with E-state index in [4.69, 9.17) is 15.2 Å². The van der Waals surface area contributed by atoms with Gasteiger partial charge in [-0.25, -0.2) is 0 Å². The predicted octanol–water partition coefficient (Wildman–Crippen LogP) is 2.93. The summed E-state index contributed by atoms with van der Waals surface area (Å²) < 4.78 is 11.1. The van der Waals surface area contributed by atoms with Gasteiger partial charge in [0.1, 0.15) is 5.75 Å². The van der Waals surface area contributed by atoms with E-state index in [2.05, 4.69) is 12.1 Å². The van der Waals surface area contributed by atoms with E-state index in [-0.39, 0.29) is 18.4 Å². The van der Waals surface area contributed by atoms with Crippen LogP contribution in [0.3, 0.4) is 0 Å². The Labute approximate surface area is 121 Å². The maximum absolute atomic E-state index is 5.83. The minimum absolute atomic E-state index is 0. The quantitative estimate of drug-likeness (QED) is 0.838. The van der Waals surface area contributed by atoms with Crippen molar-refractivity contribution in [2.45, 2.75) is 38.8 Å². The van der Waals surface area contributed by atoms with E-state index in [0.29, 0.717) is 6.61 Å². The molecular weight excluding hydrogens is 262 g/mol. The molecule has 0 aliphatic heterocycles. The van der Waals surface area contributed by atoms with Crippen LogP contribution in [0.5, 0.6) is 5.75 Å². The monoisotopic (exact) mass is 285 g/mol. The van der Waals surface area contributed by atoms with Gasteiger partial charge in [-0.2, -0.15) is 0 Å². The van der Waals surface area contributed by atoms with E-state index in [1.54, 1.807) is 7.11 Å². The van der Waals surface area contributed by atoms with Crippen molar-refractivity contribution >= 4 is 12.4 Å². The summed E-state index contributed by atoms with van der Waals surface area (Å²) in [6.07, 6.45) is 3.53. The molecule has 0 bridgehead atoms. The molecule has 0 aromatic heterocycles. The van der Waals surface area contributed by atoms with E-state index in [9.17, 15) is 0 Å². The van der Waals surface area contributed by atoms with Gasteiger partial charge in [0.15, 0.2) is 0 Å². The van der Waals surface area contributed by atoms with Gasteiger partial charge in [-0.3, -0.25) is 0 Å². The maximum Gasteiger partial charge on any atom is 0.124 e. The van der Waals surface area contributed by atoms with Crippen molar-refractivity contribution in [2.24, 2.45) is 11.7 Å². The largest absolute Gasteiger partial charge is 0.496 e. The molecule has 2 N–H and O–H groups in total. The second kappa shape index (κ2) is 7.73. The normalized spacial score (nSPS) is 15.7. The molecule has 0 saturated heterocycles. The zero-order chi connectivity index (χ0) is 13.0. The summed E-state index contributed by atoms with van der Waals surface area (Å²) in [6.45, 7) is 3.53. The number of nitrogens with two attached hydrogens (primary N) is 1. The molecule has 3 nitrogen and oxygen atoms in total. The van der Waals surface area contributed by atoms with Crippen molar-refractivity contribution in [2.75, 3.05) is 13.7 Å². The highest BCUT2D eigenvalue weighted by atomic mass is 35.5. The number of hydrogen-bond donors (Lipinski definition) is 1. The summed E-state index contributed by atoms with van der Waals surface area (Å²) in [4.78, 5) is 0. The molecule has 19 heavy (non-hydrogen) atoms. The SMILES string of the molecule is COc1ccc(CC(C)N)cc1COCC1CC1.Cl. The van der Waals surface area contributed by atoms with E-state index < -0.39 is 0 Å². The summed E-state index contributed by atoms with van der Waals surface area (Å²) in [5, 5.41) is 0. The Kier molecular flexibility index (Phi) is 6.63. The van der Waals surface area contributed by atoms with Gasteiger partial charge in [0.05, 0.1) is 13.7 Å². The first-order chi connectivity index (χ1) is 8.69. The molecule has 2 rings (SSSR count). The average Bonchev–Trinajstić information content (AvgIpc) is 3.13. The molecule has 1 aliphatic carbocycles. The van der Waals surface area contributed by atoms with Crippen molar-refractivity contribution in [3.63, 3.8) is 0 Å². The highest BCUT2D eigenvalue weighted by Gasteiger charge is 2.21. The van der Waals surface area contributed by atoms with Crippen LogP contribution in [0.15, 0.2) is 18.2 Å². The van der Waals surface area contributed by atoms with E-state index >= 15 is 0 Å². The molecular formula is C15H24ClNO2. The lowest BCUT2D eigenvalue weighted by atomic mass is 10.0. The van der Waals surface area contributed by atoms with Gasteiger partial charge in [-0.15, -0.1) is 12.4 Å². The summed E-state index contributed by atoms with van der Waals surface area (Å²) in [5.41, 5.74) is 8.20. The molecule has 0 radical (unpaired) electrons. The van der Waals surface area contributed by atoms with Crippen LogP contribution >= 0.6 is 12.4 Å². The minimum Gasteiger partial charge on any atom is -0.496 e. The summed E-state index contributed by atoms with van der Waals surface area (Å²) in [7, 11) is 1.70. The fraction of sp³-hybridized carbons (Fsp3) is 0.600. The molecule has 1 fully saturated rings. The van der Waals surface area contributed by atoms with Gasteiger partial charge in [0.2, 0.25) is 0 Å². The average molecular weight is 286 g/mol. The minimum atomic E-state index is 0. The number of halogens is 1. The van der Waals surface area contributed by atoms with Crippen LogP contribution in [-0.2, 0) is 17.8 Å².